The van der Waals surface area contributed by atoms with Crippen LogP contribution in [0, 0.1) is 12.8 Å². The largest absolute Gasteiger partial charge is 0.348 e. The van der Waals surface area contributed by atoms with Crippen LogP contribution in [0.1, 0.15) is 35.9 Å². The molecule has 7 heteroatoms. The standard InChI is InChI=1S/C18H18ClN5O/c1-10-8-14(13-4-3-5-15(19)22-13)23-17-16(20-9-24(10)17)18(25)21-11(2)12-6-7-12/h3-5,8-9,11-12H,6-7H2,1-2H3,(H,21,25)/t11-/m0/s1. The van der Waals surface area contributed by atoms with E-state index in [0.29, 0.717) is 33.8 Å². The molecule has 25 heavy (non-hydrogen) atoms. The summed E-state index contributed by atoms with van der Waals surface area (Å²) in [6.07, 6.45) is 3.98. The van der Waals surface area contributed by atoms with Gasteiger partial charge in [0.15, 0.2) is 11.3 Å². The minimum atomic E-state index is -0.190. The predicted octanol–water partition coefficient (Wildman–Crippen LogP) is 3.28. The minimum Gasteiger partial charge on any atom is -0.348 e. The Hall–Kier alpha value is -2.47. The van der Waals surface area contributed by atoms with Crippen LogP contribution in [0.2, 0.25) is 5.15 Å². The zero-order chi connectivity index (χ0) is 17.6. The van der Waals surface area contributed by atoms with Crippen LogP contribution in [0.4, 0.5) is 0 Å². The lowest BCUT2D eigenvalue weighted by Gasteiger charge is -2.11. The molecule has 0 spiro atoms. The van der Waals surface area contributed by atoms with Gasteiger partial charge >= 0.3 is 0 Å². The van der Waals surface area contributed by atoms with Crippen LogP contribution in [-0.4, -0.2) is 31.3 Å². The summed E-state index contributed by atoms with van der Waals surface area (Å²) >= 11 is 5.99. The molecule has 1 saturated carbocycles. The van der Waals surface area contributed by atoms with E-state index in [-0.39, 0.29) is 11.9 Å². The number of hydrogen-bond donors (Lipinski definition) is 1. The van der Waals surface area contributed by atoms with E-state index < -0.39 is 0 Å². The fraction of sp³-hybridized carbons (Fsp3) is 0.333. The van der Waals surface area contributed by atoms with Gasteiger partial charge in [-0.05, 0) is 50.8 Å². The van der Waals surface area contributed by atoms with Gasteiger partial charge in [0.05, 0.1) is 11.4 Å². The number of fused-ring (bicyclic) bond motifs is 1. The first-order valence-electron chi connectivity index (χ1n) is 8.31. The molecule has 128 valence electrons. The van der Waals surface area contributed by atoms with Gasteiger partial charge in [0, 0.05) is 11.7 Å². The van der Waals surface area contributed by atoms with Crippen molar-refractivity contribution in [1.82, 2.24) is 24.7 Å². The SMILES string of the molecule is Cc1cc(-c2cccc(Cl)n2)nc2c(C(=O)N[C@@H](C)C3CC3)ncn12. The molecule has 6 nitrogen and oxygen atoms in total. The molecule has 3 aromatic heterocycles. The Kier molecular flexibility index (Phi) is 3.92. The highest BCUT2D eigenvalue weighted by molar-refractivity contribution is 6.29. The van der Waals surface area contributed by atoms with Crippen LogP contribution in [0.3, 0.4) is 0 Å². The Bertz CT molecular complexity index is 963. The first-order chi connectivity index (χ1) is 12.0. The summed E-state index contributed by atoms with van der Waals surface area (Å²) in [5, 5.41) is 3.44. The average Bonchev–Trinajstić information content (AvgIpc) is 3.34. The maximum Gasteiger partial charge on any atom is 0.274 e. The second kappa shape index (κ2) is 6.11. The van der Waals surface area contributed by atoms with Crippen molar-refractivity contribution >= 4 is 23.2 Å². The highest BCUT2D eigenvalue weighted by Gasteiger charge is 2.30. The first kappa shape index (κ1) is 16.0. The number of pyridine rings is 1. The second-order valence-corrected chi connectivity index (χ2v) is 6.90. The Morgan fingerprint density at radius 2 is 2.12 bits per heavy atom. The maximum absolute atomic E-state index is 12.6. The molecule has 0 aliphatic heterocycles. The third kappa shape index (κ3) is 3.09. The molecule has 1 N–H and O–H groups in total. The monoisotopic (exact) mass is 355 g/mol. The summed E-state index contributed by atoms with van der Waals surface area (Å²) in [7, 11) is 0. The number of halogens is 1. The first-order valence-corrected chi connectivity index (χ1v) is 8.69. The lowest BCUT2D eigenvalue weighted by molar-refractivity contribution is 0.0933. The quantitative estimate of drug-likeness (QED) is 0.729. The Morgan fingerprint density at radius 1 is 1.32 bits per heavy atom. The van der Waals surface area contributed by atoms with Crippen molar-refractivity contribution in [2.45, 2.75) is 32.7 Å². The van der Waals surface area contributed by atoms with Gasteiger partial charge in [-0.2, -0.15) is 0 Å². The van der Waals surface area contributed by atoms with E-state index in [1.807, 2.05) is 36.4 Å². The summed E-state index contributed by atoms with van der Waals surface area (Å²) in [5.74, 6) is 0.392. The third-order valence-corrected chi connectivity index (χ3v) is 4.79. The molecule has 3 heterocycles. The van der Waals surface area contributed by atoms with Crippen molar-refractivity contribution < 1.29 is 4.79 Å². The zero-order valence-electron chi connectivity index (χ0n) is 14.0. The highest BCUT2D eigenvalue weighted by atomic mass is 35.5. The normalized spacial score (nSPS) is 15.3. The molecule has 0 radical (unpaired) electrons. The van der Waals surface area contributed by atoms with Gasteiger partial charge in [0.1, 0.15) is 11.5 Å². The van der Waals surface area contributed by atoms with Crippen molar-refractivity contribution in [3.63, 3.8) is 0 Å². The lowest BCUT2D eigenvalue weighted by atomic mass is 10.2. The summed E-state index contributed by atoms with van der Waals surface area (Å²) < 4.78 is 1.81. The van der Waals surface area contributed by atoms with E-state index in [2.05, 4.69) is 20.3 Å². The number of rotatable bonds is 4. The van der Waals surface area contributed by atoms with Crippen LogP contribution >= 0.6 is 11.6 Å². The van der Waals surface area contributed by atoms with Gasteiger partial charge in [-0.15, -0.1) is 0 Å². The molecule has 1 aliphatic rings. The Balaban J connectivity index is 1.74. The number of aryl methyl sites for hydroxylation is 1. The number of carbonyl (C=O) groups is 1. The topological polar surface area (TPSA) is 72.2 Å². The van der Waals surface area contributed by atoms with E-state index in [1.165, 1.54) is 12.8 Å². The molecule has 0 aromatic carbocycles. The van der Waals surface area contributed by atoms with E-state index in [9.17, 15) is 4.79 Å². The highest BCUT2D eigenvalue weighted by Crippen LogP contribution is 2.32. The predicted molar refractivity (Wildman–Crippen MR) is 95.6 cm³/mol. The number of amides is 1. The van der Waals surface area contributed by atoms with Gasteiger partial charge in [-0.25, -0.2) is 15.0 Å². The summed E-state index contributed by atoms with van der Waals surface area (Å²) in [6, 6.07) is 7.45. The molecular formula is C18H18ClN5O. The van der Waals surface area contributed by atoms with Crippen LogP contribution < -0.4 is 5.32 Å². The lowest BCUT2D eigenvalue weighted by Crippen LogP contribution is -2.34. The molecule has 1 amide bonds. The van der Waals surface area contributed by atoms with Gasteiger partial charge in [0.25, 0.3) is 5.91 Å². The van der Waals surface area contributed by atoms with Crippen LogP contribution in [0.5, 0.6) is 0 Å². The summed E-state index contributed by atoms with van der Waals surface area (Å²) in [6.45, 7) is 3.98. The number of nitrogens with one attached hydrogen (secondary N) is 1. The van der Waals surface area contributed by atoms with Crippen molar-refractivity contribution in [2.75, 3.05) is 0 Å². The summed E-state index contributed by atoms with van der Waals surface area (Å²) in [5.41, 5.74) is 3.11. The molecular weight excluding hydrogens is 338 g/mol. The Morgan fingerprint density at radius 3 is 2.84 bits per heavy atom. The molecule has 1 fully saturated rings. The molecule has 0 unspecified atom stereocenters. The minimum absolute atomic E-state index is 0.156. The number of nitrogens with zero attached hydrogens (tertiary/aromatic N) is 4. The number of hydrogen-bond acceptors (Lipinski definition) is 4. The summed E-state index contributed by atoms with van der Waals surface area (Å²) in [4.78, 5) is 25.8. The zero-order valence-corrected chi connectivity index (χ0v) is 14.8. The number of imidazole rings is 1. The van der Waals surface area contributed by atoms with Crippen LogP contribution in [0.25, 0.3) is 17.0 Å². The fourth-order valence-corrected chi connectivity index (χ4v) is 3.12. The molecule has 0 bridgehead atoms. The van der Waals surface area contributed by atoms with Crippen molar-refractivity contribution in [3.8, 4) is 11.4 Å². The molecule has 0 saturated heterocycles. The number of carbonyl (C=O) groups excluding carboxylic acids is 1. The molecule has 4 rings (SSSR count). The molecule has 1 atom stereocenters. The van der Waals surface area contributed by atoms with E-state index in [0.717, 1.165) is 5.69 Å². The van der Waals surface area contributed by atoms with Gasteiger partial charge in [-0.3, -0.25) is 9.20 Å². The van der Waals surface area contributed by atoms with E-state index in [4.69, 9.17) is 11.6 Å². The van der Waals surface area contributed by atoms with E-state index in [1.54, 1.807) is 12.4 Å². The second-order valence-electron chi connectivity index (χ2n) is 6.51. The van der Waals surface area contributed by atoms with Crippen LogP contribution in [-0.2, 0) is 0 Å². The van der Waals surface area contributed by atoms with Crippen molar-refractivity contribution in [2.24, 2.45) is 5.92 Å². The van der Waals surface area contributed by atoms with Crippen LogP contribution in [0.15, 0.2) is 30.6 Å². The van der Waals surface area contributed by atoms with Crippen molar-refractivity contribution in [1.29, 1.82) is 0 Å². The Labute approximate surface area is 150 Å². The van der Waals surface area contributed by atoms with Gasteiger partial charge in [0.2, 0.25) is 0 Å². The van der Waals surface area contributed by atoms with E-state index >= 15 is 0 Å². The smallest absolute Gasteiger partial charge is 0.274 e. The molecule has 3 aromatic rings. The average molecular weight is 356 g/mol. The third-order valence-electron chi connectivity index (χ3n) is 4.57. The number of aromatic nitrogens is 4. The van der Waals surface area contributed by atoms with Gasteiger partial charge < -0.3 is 5.32 Å². The molecule has 1 aliphatic carbocycles. The maximum atomic E-state index is 12.6. The van der Waals surface area contributed by atoms with Crippen molar-refractivity contribution in [3.05, 3.63) is 47.1 Å². The van der Waals surface area contributed by atoms with Gasteiger partial charge in [-0.1, -0.05) is 17.7 Å². The fourth-order valence-electron chi connectivity index (χ4n) is 2.95.